The lowest BCUT2D eigenvalue weighted by Crippen LogP contribution is -2.35. The van der Waals surface area contributed by atoms with E-state index in [2.05, 4.69) is 20.8 Å². The maximum absolute atomic E-state index is 13.8. The Morgan fingerprint density at radius 1 is 0.880 bits per heavy atom. The van der Waals surface area contributed by atoms with Crippen molar-refractivity contribution in [3.8, 4) is 0 Å². The lowest BCUT2D eigenvalue weighted by Gasteiger charge is -2.38. The fraction of sp³-hybridized carbons (Fsp3) is 0.870. The number of methoxy groups -OCH3 is 1. The second kappa shape index (κ2) is 4.37. The second-order valence-electron chi connectivity index (χ2n) is 11.2. The Balaban J connectivity index is 1.53. The van der Waals surface area contributed by atoms with Gasteiger partial charge in [0.05, 0.1) is 7.11 Å². The molecule has 0 aromatic rings. The number of rotatable bonds is 2. The van der Waals surface area contributed by atoms with Crippen LogP contribution in [0.5, 0.6) is 0 Å². The summed E-state index contributed by atoms with van der Waals surface area (Å²) in [5, 5.41) is 0. The topological polar surface area (TPSA) is 26.3 Å². The number of Topliss-reactive ketones (excluding diaryl/α,β-unsaturated/α-hetero) is 1. The smallest absolute Gasteiger partial charge is 0.166 e. The minimum atomic E-state index is 0.128. The maximum atomic E-state index is 13.8. The highest BCUT2D eigenvalue weighted by molar-refractivity contribution is 6.03. The molecule has 2 nitrogen and oxygen atoms in total. The van der Waals surface area contributed by atoms with Gasteiger partial charge in [-0.1, -0.05) is 20.8 Å². The van der Waals surface area contributed by atoms with Gasteiger partial charge in [-0.05, 0) is 79.4 Å². The lowest BCUT2D eigenvalue weighted by molar-refractivity contribution is -0.121. The first kappa shape index (κ1) is 15.3. The van der Waals surface area contributed by atoms with Gasteiger partial charge in [0.15, 0.2) is 5.78 Å². The molecule has 0 heterocycles. The van der Waals surface area contributed by atoms with Crippen molar-refractivity contribution in [2.45, 2.75) is 59.3 Å². The van der Waals surface area contributed by atoms with Crippen LogP contribution in [0.25, 0.3) is 0 Å². The third-order valence-corrected chi connectivity index (χ3v) is 9.75. The highest BCUT2D eigenvalue weighted by atomic mass is 16.5. The van der Waals surface area contributed by atoms with Gasteiger partial charge in [0.25, 0.3) is 0 Å². The van der Waals surface area contributed by atoms with Crippen LogP contribution in [0.3, 0.4) is 0 Å². The van der Waals surface area contributed by atoms with E-state index in [0.717, 1.165) is 35.3 Å². The molecule has 8 unspecified atom stereocenters. The van der Waals surface area contributed by atoms with Crippen molar-refractivity contribution in [2.24, 2.45) is 58.2 Å². The van der Waals surface area contributed by atoms with Crippen LogP contribution < -0.4 is 0 Å². The van der Waals surface area contributed by atoms with Gasteiger partial charge in [0.1, 0.15) is 5.76 Å². The third-order valence-electron chi connectivity index (χ3n) is 9.75. The molecule has 8 atom stereocenters. The maximum Gasteiger partial charge on any atom is 0.166 e. The molecule has 0 N–H and O–H groups in total. The van der Waals surface area contributed by atoms with Crippen LogP contribution in [0.4, 0.5) is 0 Å². The molecule has 4 bridgehead atoms. The van der Waals surface area contributed by atoms with Gasteiger partial charge >= 0.3 is 0 Å². The number of ketones is 1. The van der Waals surface area contributed by atoms with Crippen molar-refractivity contribution >= 4 is 5.78 Å². The lowest BCUT2D eigenvalue weighted by atomic mass is 9.65. The van der Waals surface area contributed by atoms with E-state index in [-0.39, 0.29) is 16.7 Å². The van der Waals surface area contributed by atoms with Crippen molar-refractivity contribution in [3.05, 3.63) is 11.3 Å². The Labute approximate surface area is 151 Å². The van der Waals surface area contributed by atoms with Gasteiger partial charge < -0.3 is 4.74 Å². The molecule has 25 heavy (non-hydrogen) atoms. The summed E-state index contributed by atoms with van der Waals surface area (Å²) < 4.78 is 6.10. The predicted molar refractivity (Wildman–Crippen MR) is 96.6 cm³/mol. The summed E-state index contributed by atoms with van der Waals surface area (Å²) in [4.78, 5) is 13.8. The number of hydrogen-bond acceptors (Lipinski definition) is 2. The van der Waals surface area contributed by atoms with Crippen molar-refractivity contribution in [1.29, 1.82) is 0 Å². The highest BCUT2D eigenvalue weighted by Gasteiger charge is 2.81. The van der Waals surface area contributed by atoms with Crippen molar-refractivity contribution < 1.29 is 9.53 Å². The van der Waals surface area contributed by atoms with E-state index in [0.29, 0.717) is 17.6 Å². The Morgan fingerprint density at radius 2 is 1.40 bits per heavy atom. The number of allylic oxidation sites excluding steroid dienone is 2. The number of fused-ring (bicyclic) bond motifs is 10. The molecule has 2 heteroatoms. The minimum absolute atomic E-state index is 0.128. The summed E-state index contributed by atoms with van der Waals surface area (Å²) in [5.41, 5.74) is 1.50. The first-order chi connectivity index (χ1) is 11.9. The van der Waals surface area contributed by atoms with E-state index in [1.54, 1.807) is 0 Å². The molecule has 0 aliphatic heterocycles. The van der Waals surface area contributed by atoms with E-state index >= 15 is 0 Å². The van der Waals surface area contributed by atoms with E-state index in [9.17, 15) is 4.79 Å². The molecule has 6 aliphatic carbocycles. The average molecular weight is 341 g/mol. The molecule has 0 spiro atoms. The van der Waals surface area contributed by atoms with Crippen LogP contribution in [-0.2, 0) is 9.53 Å². The van der Waals surface area contributed by atoms with Crippen molar-refractivity contribution in [2.75, 3.05) is 7.11 Å². The van der Waals surface area contributed by atoms with Crippen molar-refractivity contribution in [3.63, 3.8) is 0 Å². The minimum Gasteiger partial charge on any atom is -0.500 e. The summed E-state index contributed by atoms with van der Waals surface area (Å²) >= 11 is 0. The largest absolute Gasteiger partial charge is 0.500 e. The zero-order valence-electron chi connectivity index (χ0n) is 16.2. The average Bonchev–Trinajstić information content (AvgIpc) is 3.14. The highest BCUT2D eigenvalue weighted by Crippen LogP contribution is 2.85. The van der Waals surface area contributed by atoms with Gasteiger partial charge in [0, 0.05) is 22.8 Å². The van der Waals surface area contributed by atoms with E-state index in [4.69, 9.17) is 4.74 Å². The molecule has 0 aromatic heterocycles. The van der Waals surface area contributed by atoms with E-state index in [1.807, 2.05) is 7.11 Å². The number of carbonyl (C=O) groups excluding carboxylic acids is 1. The van der Waals surface area contributed by atoms with Crippen molar-refractivity contribution in [1.82, 2.24) is 0 Å². The van der Waals surface area contributed by atoms with Crippen LogP contribution in [0.1, 0.15) is 59.3 Å². The molecule has 6 rings (SSSR count). The molecule has 0 saturated heterocycles. The number of carbonyl (C=O) groups is 1. The second-order valence-corrected chi connectivity index (χ2v) is 11.2. The van der Waals surface area contributed by atoms with E-state index < -0.39 is 0 Å². The first-order valence-electron chi connectivity index (χ1n) is 10.7. The molecule has 5 saturated carbocycles. The fourth-order valence-corrected chi connectivity index (χ4v) is 9.33. The number of ether oxygens (including phenoxy) is 1. The standard InChI is InChI=1S/C23H32O2/c1-22(2,3)23(17-13-7-8-14(10-13)18(17)23)19-20(24)15-11-5-6-12(9-11)16(15)21(19)25-4/h11-18H,5-10H2,1-4H3. The fourth-order valence-electron chi connectivity index (χ4n) is 9.33. The molecule has 6 aliphatic rings. The summed E-state index contributed by atoms with van der Waals surface area (Å²) in [6.45, 7) is 7.21. The van der Waals surface area contributed by atoms with Crippen LogP contribution in [-0.4, -0.2) is 12.9 Å². The van der Waals surface area contributed by atoms with Gasteiger partial charge in [0.2, 0.25) is 0 Å². The molecular formula is C23H32O2. The normalized spacial score (nSPS) is 55.1. The molecule has 0 radical (unpaired) electrons. The SMILES string of the molecule is COC1=C(C2(C(C)(C)C)C3C4CCC(C4)C32)C(=O)C2C3CCC(C3)C12. The van der Waals surface area contributed by atoms with E-state index in [1.165, 1.54) is 44.1 Å². The monoisotopic (exact) mass is 340 g/mol. The zero-order chi connectivity index (χ0) is 17.3. The Kier molecular flexibility index (Phi) is 2.67. The van der Waals surface area contributed by atoms with Crippen LogP contribution >= 0.6 is 0 Å². The molecule has 0 amide bonds. The molecule has 0 aromatic carbocycles. The Morgan fingerprint density at radius 3 is 1.96 bits per heavy atom. The predicted octanol–water partition coefficient (Wildman–Crippen LogP) is 4.84. The Hall–Kier alpha value is -0.790. The first-order valence-corrected chi connectivity index (χ1v) is 10.7. The summed E-state index contributed by atoms with van der Waals surface area (Å²) in [7, 11) is 1.85. The molecule has 5 fully saturated rings. The van der Waals surface area contributed by atoms with Crippen LogP contribution in [0.2, 0.25) is 0 Å². The molecular weight excluding hydrogens is 308 g/mol. The van der Waals surface area contributed by atoms with Gasteiger partial charge in [-0.25, -0.2) is 0 Å². The zero-order valence-corrected chi connectivity index (χ0v) is 16.2. The molecule has 136 valence electrons. The van der Waals surface area contributed by atoms with Gasteiger partial charge in [-0.3, -0.25) is 4.79 Å². The van der Waals surface area contributed by atoms with Crippen LogP contribution in [0.15, 0.2) is 11.3 Å². The summed E-state index contributed by atoms with van der Waals surface area (Å²) in [5.74, 6) is 7.07. The number of hydrogen-bond donors (Lipinski definition) is 0. The van der Waals surface area contributed by atoms with Gasteiger partial charge in [-0.2, -0.15) is 0 Å². The third kappa shape index (κ3) is 1.47. The summed E-state index contributed by atoms with van der Waals surface area (Å²) in [6, 6.07) is 0. The van der Waals surface area contributed by atoms with Crippen LogP contribution in [0, 0.1) is 58.2 Å². The van der Waals surface area contributed by atoms with Gasteiger partial charge in [-0.15, -0.1) is 0 Å². The quantitative estimate of drug-likeness (QED) is 0.719. The summed E-state index contributed by atoms with van der Waals surface area (Å²) in [6.07, 6.45) is 8.14. The Bertz CT molecular complexity index is 679.